The van der Waals surface area contributed by atoms with Gasteiger partial charge in [-0.25, -0.2) is 0 Å². The predicted molar refractivity (Wildman–Crippen MR) is 67.0 cm³/mol. The van der Waals surface area contributed by atoms with Crippen LogP contribution in [-0.2, 0) is 16.1 Å². The fourth-order valence-corrected chi connectivity index (χ4v) is 1.49. The number of rotatable bonds is 6. The van der Waals surface area contributed by atoms with Crippen molar-refractivity contribution < 1.29 is 14.5 Å². The van der Waals surface area contributed by atoms with Crippen LogP contribution in [0.5, 0.6) is 0 Å². The fraction of sp³-hybridized carbons (Fsp3) is 0.455. The molecule has 19 heavy (non-hydrogen) atoms. The van der Waals surface area contributed by atoms with Gasteiger partial charge in [-0.15, -0.1) is 0 Å². The highest BCUT2D eigenvalue weighted by molar-refractivity contribution is 5.75. The van der Waals surface area contributed by atoms with Gasteiger partial charge in [-0.3, -0.25) is 24.3 Å². The van der Waals surface area contributed by atoms with Crippen molar-refractivity contribution in [2.24, 2.45) is 0 Å². The molecule has 1 amide bonds. The van der Waals surface area contributed by atoms with Crippen LogP contribution in [0.25, 0.3) is 0 Å². The highest BCUT2D eigenvalue weighted by atomic mass is 16.6. The minimum absolute atomic E-state index is 0.254. The van der Waals surface area contributed by atoms with Gasteiger partial charge in [-0.1, -0.05) is 0 Å². The number of nitrogens with one attached hydrogen (secondary N) is 1. The van der Waals surface area contributed by atoms with Crippen LogP contribution in [-0.4, -0.2) is 35.7 Å². The first-order valence-electron chi connectivity index (χ1n) is 5.58. The Labute approximate surface area is 109 Å². The molecule has 0 radical (unpaired) electrons. The molecule has 0 saturated heterocycles. The number of ether oxygens (including phenoxy) is 1. The Morgan fingerprint density at radius 3 is 2.79 bits per heavy atom. The molecular weight excluding hydrogens is 254 g/mol. The molecule has 0 bridgehead atoms. The normalized spacial score (nSPS) is 10.2. The van der Waals surface area contributed by atoms with Crippen LogP contribution < -0.4 is 10.9 Å². The second kappa shape index (κ2) is 6.64. The molecule has 1 aromatic heterocycles. The van der Waals surface area contributed by atoms with E-state index in [9.17, 15) is 19.7 Å². The van der Waals surface area contributed by atoms with Crippen molar-refractivity contribution >= 4 is 11.6 Å². The van der Waals surface area contributed by atoms with Gasteiger partial charge in [0.1, 0.15) is 6.54 Å². The Morgan fingerprint density at radius 2 is 2.21 bits per heavy atom. The van der Waals surface area contributed by atoms with Crippen molar-refractivity contribution in [3.05, 3.63) is 38.3 Å². The molecule has 0 saturated carbocycles. The number of hydrogen-bond donors (Lipinski definition) is 1. The maximum absolute atomic E-state index is 11.8. The third-order valence-electron chi connectivity index (χ3n) is 2.50. The van der Waals surface area contributed by atoms with Gasteiger partial charge in [-0.05, 0) is 13.0 Å². The Balaban J connectivity index is 2.89. The molecule has 8 heteroatoms. The number of nitro groups is 1. The Hall–Kier alpha value is -2.22. The summed E-state index contributed by atoms with van der Waals surface area (Å²) in [7, 11) is 1.50. The first kappa shape index (κ1) is 14.8. The summed E-state index contributed by atoms with van der Waals surface area (Å²) in [5, 5.41) is 13.2. The summed E-state index contributed by atoms with van der Waals surface area (Å²) in [6.07, 6.45) is 0. The van der Waals surface area contributed by atoms with Gasteiger partial charge in [-0.2, -0.15) is 0 Å². The maximum atomic E-state index is 11.8. The van der Waals surface area contributed by atoms with Crippen molar-refractivity contribution in [3.8, 4) is 0 Å². The SMILES string of the molecule is COCCNC(=O)Cn1c(C)ccc([N+](=O)[O-])c1=O. The standard InChI is InChI=1S/C11H15N3O5/c1-8-3-4-9(14(17)18)11(16)13(8)7-10(15)12-5-6-19-2/h3-4H,5-7H2,1-2H3,(H,12,15). The fourth-order valence-electron chi connectivity index (χ4n) is 1.49. The zero-order valence-electron chi connectivity index (χ0n) is 10.7. The summed E-state index contributed by atoms with van der Waals surface area (Å²) >= 11 is 0. The number of methoxy groups -OCH3 is 1. The zero-order valence-corrected chi connectivity index (χ0v) is 10.7. The number of aromatic nitrogens is 1. The molecule has 1 aromatic rings. The van der Waals surface area contributed by atoms with Crippen LogP contribution in [0.15, 0.2) is 16.9 Å². The first-order valence-corrected chi connectivity index (χ1v) is 5.58. The average molecular weight is 269 g/mol. The van der Waals surface area contributed by atoms with Crippen LogP contribution in [0.3, 0.4) is 0 Å². The first-order chi connectivity index (χ1) is 8.97. The highest BCUT2D eigenvalue weighted by Crippen LogP contribution is 2.05. The van der Waals surface area contributed by atoms with Crippen LogP contribution in [0.1, 0.15) is 5.69 Å². The van der Waals surface area contributed by atoms with Crippen LogP contribution >= 0.6 is 0 Å². The van der Waals surface area contributed by atoms with Crippen LogP contribution in [0.4, 0.5) is 5.69 Å². The van der Waals surface area contributed by atoms with Gasteiger partial charge in [0.2, 0.25) is 5.91 Å². The van der Waals surface area contributed by atoms with E-state index in [4.69, 9.17) is 4.74 Å². The minimum atomic E-state index is -0.785. The second-order valence-corrected chi connectivity index (χ2v) is 3.85. The van der Waals surface area contributed by atoms with E-state index in [1.165, 1.54) is 13.2 Å². The molecule has 0 spiro atoms. The largest absolute Gasteiger partial charge is 0.383 e. The number of carbonyl (C=O) groups is 1. The van der Waals surface area contributed by atoms with Crippen molar-refractivity contribution in [2.75, 3.05) is 20.3 Å². The number of aryl methyl sites for hydroxylation is 1. The number of pyridine rings is 1. The Bertz CT molecular complexity index is 538. The van der Waals surface area contributed by atoms with Crippen molar-refractivity contribution in [1.29, 1.82) is 0 Å². The van der Waals surface area contributed by atoms with Gasteiger partial charge in [0.05, 0.1) is 11.5 Å². The van der Waals surface area contributed by atoms with E-state index in [2.05, 4.69) is 5.32 Å². The van der Waals surface area contributed by atoms with E-state index < -0.39 is 22.1 Å². The smallest absolute Gasteiger partial charge is 0.334 e. The molecule has 1 N–H and O–H groups in total. The lowest BCUT2D eigenvalue weighted by molar-refractivity contribution is -0.386. The second-order valence-electron chi connectivity index (χ2n) is 3.85. The third-order valence-corrected chi connectivity index (χ3v) is 2.50. The van der Waals surface area contributed by atoms with E-state index in [1.54, 1.807) is 6.92 Å². The van der Waals surface area contributed by atoms with Crippen molar-refractivity contribution in [2.45, 2.75) is 13.5 Å². The Kier molecular flexibility index (Phi) is 5.19. The molecule has 0 aromatic carbocycles. The van der Waals surface area contributed by atoms with Crippen molar-refractivity contribution in [3.63, 3.8) is 0 Å². The summed E-state index contributed by atoms with van der Waals surface area (Å²) in [6.45, 7) is 2.02. The van der Waals surface area contributed by atoms with Gasteiger partial charge < -0.3 is 10.1 Å². The third kappa shape index (κ3) is 3.88. The molecule has 0 fully saturated rings. The van der Waals surface area contributed by atoms with Crippen LogP contribution in [0.2, 0.25) is 0 Å². The van der Waals surface area contributed by atoms with E-state index >= 15 is 0 Å². The van der Waals surface area contributed by atoms with Gasteiger partial charge in [0.15, 0.2) is 0 Å². The zero-order chi connectivity index (χ0) is 14.4. The molecule has 0 unspecified atom stereocenters. The van der Waals surface area contributed by atoms with Gasteiger partial charge in [0, 0.05) is 25.4 Å². The Morgan fingerprint density at radius 1 is 1.53 bits per heavy atom. The van der Waals surface area contributed by atoms with E-state index in [0.717, 1.165) is 10.6 Å². The quantitative estimate of drug-likeness (QED) is 0.438. The van der Waals surface area contributed by atoms with Crippen molar-refractivity contribution in [1.82, 2.24) is 9.88 Å². The minimum Gasteiger partial charge on any atom is -0.383 e. The lowest BCUT2D eigenvalue weighted by Gasteiger charge is -2.09. The number of nitrogens with zero attached hydrogens (tertiary/aromatic N) is 2. The summed E-state index contributed by atoms with van der Waals surface area (Å²) in [6, 6.07) is 2.57. The van der Waals surface area contributed by atoms with E-state index in [1.807, 2.05) is 0 Å². The highest BCUT2D eigenvalue weighted by Gasteiger charge is 2.17. The molecule has 0 atom stereocenters. The molecular formula is C11H15N3O5. The molecule has 0 aliphatic rings. The van der Waals surface area contributed by atoms with E-state index in [-0.39, 0.29) is 6.54 Å². The average Bonchev–Trinajstić information content (AvgIpc) is 2.34. The molecule has 0 aliphatic carbocycles. The summed E-state index contributed by atoms with van der Waals surface area (Å²) < 4.78 is 5.84. The number of hydrogen-bond acceptors (Lipinski definition) is 5. The molecule has 1 rings (SSSR count). The lowest BCUT2D eigenvalue weighted by atomic mass is 10.3. The summed E-state index contributed by atoms with van der Waals surface area (Å²) in [5.41, 5.74) is -0.848. The monoisotopic (exact) mass is 269 g/mol. The number of amides is 1. The molecule has 0 aliphatic heterocycles. The van der Waals surface area contributed by atoms with E-state index in [0.29, 0.717) is 18.8 Å². The van der Waals surface area contributed by atoms with Crippen LogP contribution in [0, 0.1) is 17.0 Å². The van der Waals surface area contributed by atoms with Gasteiger partial charge >= 0.3 is 11.2 Å². The molecule has 8 nitrogen and oxygen atoms in total. The summed E-state index contributed by atoms with van der Waals surface area (Å²) in [5.74, 6) is -0.400. The molecule has 1 heterocycles. The maximum Gasteiger partial charge on any atom is 0.334 e. The predicted octanol–water partition coefficient (Wildman–Crippen LogP) is -0.172. The lowest BCUT2D eigenvalue weighted by Crippen LogP contribution is -2.35. The summed E-state index contributed by atoms with van der Waals surface area (Å²) in [4.78, 5) is 33.3. The number of carbonyl (C=O) groups excluding carboxylic acids is 1. The topological polar surface area (TPSA) is 103 Å². The van der Waals surface area contributed by atoms with Gasteiger partial charge in [0.25, 0.3) is 0 Å². The molecule has 104 valence electrons.